The molecular formula is C14H23Cl2N3O. The molecule has 1 aliphatic heterocycles. The maximum Gasteiger partial charge on any atom is 0.220 e. The molecule has 20 heavy (non-hydrogen) atoms. The Labute approximate surface area is 132 Å². The molecule has 2 N–H and O–H groups in total. The van der Waals surface area contributed by atoms with Crippen molar-refractivity contribution in [1.29, 1.82) is 0 Å². The van der Waals surface area contributed by atoms with Gasteiger partial charge in [0.1, 0.15) is 0 Å². The van der Waals surface area contributed by atoms with Gasteiger partial charge in [0.25, 0.3) is 0 Å². The molecule has 1 aromatic heterocycles. The van der Waals surface area contributed by atoms with Gasteiger partial charge < -0.3 is 10.6 Å². The summed E-state index contributed by atoms with van der Waals surface area (Å²) in [5.74, 6) is 0.669. The third-order valence-corrected chi connectivity index (χ3v) is 3.44. The van der Waals surface area contributed by atoms with Crippen LogP contribution in [0.25, 0.3) is 0 Å². The molecule has 1 unspecified atom stereocenters. The van der Waals surface area contributed by atoms with Gasteiger partial charge >= 0.3 is 0 Å². The highest BCUT2D eigenvalue weighted by Crippen LogP contribution is 2.16. The van der Waals surface area contributed by atoms with Gasteiger partial charge in [-0.1, -0.05) is 6.07 Å². The number of piperidine rings is 1. The number of nitrogens with zero attached hydrogens (tertiary/aromatic N) is 1. The molecule has 0 radical (unpaired) electrons. The second-order valence-corrected chi connectivity index (χ2v) is 4.94. The molecule has 114 valence electrons. The molecule has 1 aliphatic rings. The standard InChI is InChI=1S/C14H21N3O.2ClH/c1-11(13-4-2-3-7-16-13)17-14(18)10-12-5-8-15-9-6-12;;/h2-4,7,11-12,15H,5-6,8-10H2,1H3,(H,17,18);2*1H. The molecule has 1 amide bonds. The van der Waals surface area contributed by atoms with Crippen LogP contribution < -0.4 is 10.6 Å². The van der Waals surface area contributed by atoms with Gasteiger partial charge in [-0.3, -0.25) is 9.78 Å². The van der Waals surface area contributed by atoms with Gasteiger partial charge in [0.05, 0.1) is 11.7 Å². The molecule has 1 saturated heterocycles. The summed E-state index contributed by atoms with van der Waals surface area (Å²) in [5.41, 5.74) is 0.913. The predicted molar refractivity (Wildman–Crippen MR) is 85.5 cm³/mol. The summed E-state index contributed by atoms with van der Waals surface area (Å²) in [4.78, 5) is 16.2. The zero-order chi connectivity index (χ0) is 12.8. The lowest BCUT2D eigenvalue weighted by Crippen LogP contribution is -2.33. The Morgan fingerprint density at radius 2 is 2.10 bits per heavy atom. The summed E-state index contributed by atoms with van der Waals surface area (Å²) >= 11 is 0. The fourth-order valence-corrected chi connectivity index (χ4v) is 2.35. The van der Waals surface area contributed by atoms with E-state index in [-0.39, 0.29) is 36.8 Å². The first-order valence-electron chi connectivity index (χ1n) is 6.66. The summed E-state index contributed by atoms with van der Waals surface area (Å²) < 4.78 is 0. The number of pyridine rings is 1. The van der Waals surface area contributed by atoms with Crippen molar-refractivity contribution in [3.63, 3.8) is 0 Å². The molecule has 0 saturated carbocycles. The van der Waals surface area contributed by atoms with Crippen LogP contribution in [0.2, 0.25) is 0 Å². The molecule has 0 aromatic carbocycles. The van der Waals surface area contributed by atoms with Crippen LogP contribution in [0.5, 0.6) is 0 Å². The first kappa shape index (κ1) is 19.2. The van der Waals surface area contributed by atoms with Gasteiger partial charge in [0, 0.05) is 12.6 Å². The van der Waals surface area contributed by atoms with Gasteiger partial charge in [0.15, 0.2) is 0 Å². The Morgan fingerprint density at radius 3 is 2.70 bits per heavy atom. The Balaban J connectivity index is 0.00000180. The molecule has 1 atom stereocenters. The van der Waals surface area contributed by atoms with Crippen LogP contribution in [0.1, 0.15) is 37.9 Å². The minimum absolute atomic E-state index is 0. The lowest BCUT2D eigenvalue weighted by molar-refractivity contribution is -0.122. The van der Waals surface area contributed by atoms with E-state index in [0.717, 1.165) is 31.6 Å². The van der Waals surface area contributed by atoms with Crippen molar-refractivity contribution in [2.24, 2.45) is 5.92 Å². The van der Waals surface area contributed by atoms with Crippen LogP contribution in [0.3, 0.4) is 0 Å². The number of hydrogen-bond donors (Lipinski definition) is 2. The van der Waals surface area contributed by atoms with Gasteiger partial charge in [-0.25, -0.2) is 0 Å². The molecule has 1 fully saturated rings. The number of hydrogen-bond acceptors (Lipinski definition) is 3. The lowest BCUT2D eigenvalue weighted by atomic mass is 9.94. The van der Waals surface area contributed by atoms with E-state index < -0.39 is 0 Å². The summed E-state index contributed by atoms with van der Waals surface area (Å²) in [6.45, 7) is 4.05. The Morgan fingerprint density at radius 1 is 1.40 bits per heavy atom. The normalized spacial score (nSPS) is 16.4. The van der Waals surface area contributed by atoms with Crippen molar-refractivity contribution < 1.29 is 4.79 Å². The maximum atomic E-state index is 11.9. The molecule has 2 rings (SSSR count). The van der Waals surface area contributed by atoms with E-state index in [1.54, 1.807) is 6.20 Å². The number of carbonyl (C=O) groups is 1. The molecule has 4 nitrogen and oxygen atoms in total. The van der Waals surface area contributed by atoms with Gasteiger partial charge in [0.2, 0.25) is 5.91 Å². The van der Waals surface area contributed by atoms with E-state index in [1.165, 1.54) is 0 Å². The molecule has 0 spiro atoms. The van der Waals surface area contributed by atoms with E-state index in [9.17, 15) is 4.79 Å². The van der Waals surface area contributed by atoms with Crippen molar-refractivity contribution >= 4 is 30.7 Å². The highest BCUT2D eigenvalue weighted by atomic mass is 35.5. The summed E-state index contributed by atoms with van der Waals surface area (Å²) in [6.07, 6.45) is 4.60. The summed E-state index contributed by atoms with van der Waals surface area (Å²) in [7, 11) is 0. The smallest absolute Gasteiger partial charge is 0.220 e. The average Bonchev–Trinajstić information content (AvgIpc) is 2.40. The minimum Gasteiger partial charge on any atom is -0.348 e. The quantitative estimate of drug-likeness (QED) is 0.896. The zero-order valence-corrected chi connectivity index (χ0v) is 13.3. The van der Waals surface area contributed by atoms with Crippen LogP contribution in [0, 0.1) is 5.92 Å². The van der Waals surface area contributed by atoms with E-state index in [0.29, 0.717) is 12.3 Å². The Hall–Kier alpha value is -0.840. The number of amides is 1. The van der Waals surface area contributed by atoms with E-state index in [4.69, 9.17) is 0 Å². The number of nitrogens with one attached hydrogen (secondary N) is 2. The molecule has 0 bridgehead atoms. The SMILES string of the molecule is CC(NC(=O)CC1CCNCC1)c1ccccn1.Cl.Cl. The first-order chi connectivity index (χ1) is 8.75. The van der Waals surface area contributed by atoms with Gasteiger partial charge in [-0.2, -0.15) is 0 Å². The fraction of sp³-hybridized carbons (Fsp3) is 0.571. The van der Waals surface area contributed by atoms with E-state index in [2.05, 4.69) is 15.6 Å². The Kier molecular flexibility index (Phi) is 9.55. The fourth-order valence-electron chi connectivity index (χ4n) is 2.35. The second kappa shape index (κ2) is 9.97. The number of halogens is 2. The van der Waals surface area contributed by atoms with Crippen molar-refractivity contribution in [3.8, 4) is 0 Å². The summed E-state index contributed by atoms with van der Waals surface area (Å²) in [5, 5.41) is 6.33. The first-order valence-corrected chi connectivity index (χ1v) is 6.66. The van der Waals surface area contributed by atoms with Crippen molar-refractivity contribution in [2.75, 3.05) is 13.1 Å². The van der Waals surface area contributed by atoms with E-state index >= 15 is 0 Å². The molecule has 0 aliphatic carbocycles. The van der Waals surface area contributed by atoms with Crippen LogP contribution in [-0.4, -0.2) is 24.0 Å². The Bertz CT molecular complexity index is 383. The van der Waals surface area contributed by atoms with Gasteiger partial charge in [-0.05, 0) is 50.9 Å². The lowest BCUT2D eigenvalue weighted by Gasteiger charge is -2.22. The topological polar surface area (TPSA) is 54.0 Å². The van der Waals surface area contributed by atoms with Crippen molar-refractivity contribution in [2.45, 2.75) is 32.2 Å². The number of aromatic nitrogens is 1. The van der Waals surface area contributed by atoms with Crippen LogP contribution in [-0.2, 0) is 4.79 Å². The predicted octanol–water partition coefficient (Wildman–Crippen LogP) is 2.49. The molecule has 1 aromatic rings. The largest absolute Gasteiger partial charge is 0.348 e. The van der Waals surface area contributed by atoms with Crippen LogP contribution in [0.4, 0.5) is 0 Å². The van der Waals surface area contributed by atoms with Crippen LogP contribution in [0.15, 0.2) is 24.4 Å². The van der Waals surface area contributed by atoms with Crippen molar-refractivity contribution in [3.05, 3.63) is 30.1 Å². The van der Waals surface area contributed by atoms with Gasteiger partial charge in [-0.15, -0.1) is 24.8 Å². The highest BCUT2D eigenvalue weighted by molar-refractivity contribution is 5.85. The summed E-state index contributed by atoms with van der Waals surface area (Å²) in [6, 6.07) is 5.75. The molecule has 2 heterocycles. The molecule has 6 heteroatoms. The highest BCUT2D eigenvalue weighted by Gasteiger charge is 2.18. The molecular weight excluding hydrogens is 297 g/mol. The zero-order valence-electron chi connectivity index (χ0n) is 11.7. The minimum atomic E-state index is -0.0135. The van der Waals surface area contributed by atoms with Crippen molar-refractivity contribution in [1.82, 2.24) is 15.6 Å². The monoisotopic (exact) mass is 319 g/mol. The number of carbonyl (C=O) groups excluding carboxylic acids is 1. The third kappa shape index (κ3) is 6.07. The maximum absolute atomic E-state index is 11.9. The van der Waals surface area contributed by atoms with E-state index in [1.807, 2.05) is 25.1 Å². The third-order valence-electron chi connectivity index (χ3n) is 3.44. The number of rotatable bonds is 4. The average molecular weight is 320 g/mol. The van der Waals surface area contributed by atoms with Crippen LogP contribution >= 0.6 is 24.8 Å². The second-order valence-electron chi connectivity index (χ2n) is 4.94.